The van der Waals surface area contributed by atoms with E-state index in [2.05, 4.69) is 63.3 Å². The molecule has 0 spiro atoms. The van der Waals surface area contributed by atoms with Gasteiger partial charge >= 0.3 is 0 Å². The van der Waals surface area contributed by atoms with E-state index in [0.29, 0.717) is 11.5 Å². The average Bonchev–Trinajstić information content (AvgIpc) is 2.24. The van der Waals surface area contributed by atoms with Crippen molar-refractivity contribution in [2.45, 2.75) is 46.6 Å². The van der Waals surface area contributed by atoms with Crippen LogP contribution in [0.5, 0.6) is 0 Å². The predicted molar refractivity (Wildman–Crippen MR) is 71.7 cm³/mol. The van der Waals surface area contributed by atoms with Gasteiger partial charge in [-0.25, -0.2) is 0 Å². The number of benzene rings is 1. The zero-order valence-corrected chi connectivity index (χ0v) is 11.1. The SMILES string of the molecule is CCC(Cc1ccccc1)NCC(C)(C)C. The van der Waals surface area contributed by atoms with Gasteiger partial charge in [0.2, 0.25) is 0 Å². The Bertz CT molecular complexity index is 284. The molecule has 0 fully saturated rings. The van der Waals surface area contributed by atoms with Gasteiger partial charge in [0.1, 0.15) is 0 Å². The van der Waals surface area contributed by atoms with Crippen LogP contribution in [0.15, 0.2) is 30.3 Å². The van der Waals surface area contributed by atoms with E-state index in [9.17, 15) is 0 Å². The Hall–Kier alpha value is -0.820. The summed E-state index contributed by atoms with van der Waals surface area (Å²) in [5, 5.41) is 3.66. The minimum absolute atomic E-state index is 0.365. The van der Waals surface area contributed by atoms with Gasteiger partial charge in [0.05, 0.1) is 0 Å². The van der Waals surface area contributed by atoms with Crippen molar-refractivity contribution in [2.75, 3.05) is 6.54 Å². The van der Waals surface area contributed by atoms with Gasteiger partial charge < -0.3 is 5.32 Å². The van der Waals surface area contributed by atoms with Crippen LogP contribution < -0.4 is 5.32 Å². The second kappa shape index (κ2) is 6.05. The third-order valence-electron chi connectivity index (χ3n) is 2.74. The molecule has 1 unspecified atom stereocenters. The molecule has 1 aromatic rings. The van der Waals surface area contributed by atoms with Gasteiger partial charge in [0.15, 0.2) is 0 Å². The molecule has 1 N–H and O–H groups in total. The Kier molecular flexibility index (Phi) is 5.01. The molecule has 0 saturated heterocycles. The van der Waals surface area contributed by atoms with E-state index in [1.54, 1.807) is 0 Å². The Morgan fingerprint density at radius 2 is 1.75 bits per heavy atom. The van der Waals surface area contributed by atoms with Gasteiger partial charge in [0.25, 0.3) is 0 Å². The fourth-order valence-corrected chi connectivity index (χ4v) is 1.71. The summed E-state index contributed by atoms with van der Waals surface area (Å²) in [6, 6.07) is 11.3. The van der Waals surface area contributed by atoms with E-state index in [1.165, 1.54) is 12.0 Å². The number of hydrogen-bond acceptors (Lipinski definition) is 1. The minimum atomic E-state index is 0.365. The second-order valence-electron chi connectivity index (χ2n) is 5.74. The highest BCUT2D eigenvalue weighted by Crippen LogP contribution is 2.12. The summed E-state index contributed by atoms with van der Waals surface area (Å²) in [7, 11) is 0. The van der Waals surface area contributed by atoms with E-state index in [-0.39, 0.29) is 0 Å². The lowest BCUT2D eigenvalue weighted by atomic mass is 9.95. The van der Waals surface area contributed by atoms with Crippen molar-refractivity contribution in [3.8, 4) is 0 Å². The van der Waals surface area contributed by atoms with Gasteiger partial charge in [-0.3, -0.25) is 0 Å². The highest BCUT2D eigenvalue weighted by atomic mass is 14.9. The molecule has 16 heavy (non-hydrogen) atoms. The van der Waals surface area contributed by atoms with Gasteiger partial charge in [-0.15, -0.1) is 0 Å². The Balaban J connectivity index is 2.44. The molecule has 0 bridgehead atoms. The predicted octanol–water partition coefficient (Wildman–Crippen LogP) is 3.64. The van der Waals surface area contributed by atoms with Gasteiger partial charge in [-0.1, -0.05) is 58.0 Å². The normalized spacial score (nSPS) is 13.8. The molecule has 1 nitrogen and oxygen atoms in total. The molecule has 1 rings (SSSR count). The third-order valence-corrected chi connectivity index (χ3v) is 2.74. The molecular formula is C15H25N. The van der Waals surface area contributed by atoms with Crippen LogP contribution in [0.25, 0.3) is 0 Å². The molecule has 1 atom stereocenters. The van der Waals surface area contributed by atoms with Crippen LogP contribution in [0.1, 0.15) is 39.7 Å². The van der Waals surface area contributed by atoms with Gasteiger partial charge in [-0.2, -0.15) is 0 Å². The topological polar surface area (TPSA) is 12.0 Å². The van der Waals surface area contributed by atoms with Crippen LogP contribution in [0.3, 0.4) is 0 Å². The first-order valence-electron chi connectivity index (χ1n) is 6.28. The van der Waals surface area contributed by atoms with Crippen molar-refractivity contribution < 1.29 is 0 Å². The molecule has 0 aliphatic rings. The van der Waals surface area contributed by atoms with Crippen molar-refractivity contribution in [3.05, 3.63) is 35.9 Å². The van der Waals surface area contributed by atoms with Crippen molar-refractivity contribution >= 4 is 0 Å². The lowest BCUT2D eigenvalue weighted by Crippen LogP contribution is -2.36. The van der Waals surface area contributed by atoms with Crippen LogP contribution in [0, 0.1) is 5.41 Å². The van der Waals surface area contributed by atoms with Crippen molar-refractivity contribution in [2.24, 2.45) is 5.41 Å². The fraction of sp³-hybridized carbons (Fsp3) is 0.600. The first-order chi connectivity index (χ1) is 7.51. The minimum Gasteiger partial charge on any atom is -0.313 e. The fourth-order valence-electron chi connectivity index (χ4n) is 1.71. The lowest BCUT2D eigenvalue weighted by Gasteiger charge is -2.24. The van der Waals surface area contributed by atoms with Crippen molar-refractivity contribution in [1.29, 1.82) is 0 Å². The van der Waals surface area contributed by atoms with E-state index in [4.69, 9.17) is 0 Å². The third kappa shape index (κ3) is 5.32. The van der Waals surface area contributed by atoms with E-state index in [1.807, 2.05) is 0 Å². The molecule has 0 saturated carbocycles. The van der Waals surface area contributed by atoms with Gasteiger partial charge in [-0.05, 0) is 23.8 Å². The van der Waals surface area contributed by atoms with Crippen LogP contribution >= 0.6 is 0 Å². The molecule has 0 aliphatic carbocycles. The summed E-state index contributed by atoms with van der Waals surface area (Å²) in [4.78, 5) is 0. The number of nitrogens with one attached hydrogen (secondary N) is 1. The second-order valence-corrected chi connectivity index (χ2v) is 5.74. The summed E-state index contributed by atoms with van der Waals surface area (Å²) < 4.78 is 0. The molecule has 0 aliphatic heterocycles. The first-order valence-corrected chi connectivity index (χ1v) is 6.28. The number of rotatable bonds is 5. The van der Waals surface area contributed by atoms with Crippen LogP contribution in [-0.2, 0) is 6.42 Å². The standard InChI is InChI=1S/C15H25N/c1-5-14(16-12-15(2,3)4)11-13-9-7-6-8-10-13/h6-10,14,16H,5,11-12H2,1-4H3. The highest BCUT2D eigenvalue weighted by Gasteiger charge is 2.13. The summed E-state index contributed by atoms with van der Waals surface area (Å²) >= 11 is 0. The Labute approximate surface area is 100 Å². The molecule has 0 radical (unpaired) electrons. The van der Waals surface area contributed by atoms with E-state index < -0.39 is 0 Å². The molecule has 90 valence electrons. The van der Waals surface area contributed by atoms with Gasteiger partial charge in [0, 0.05) is 12.6 Å². The average molecular weight is 219 g/mol. The molecular weight excluding hydrogens is 194 g/mol. The number of hydrogen-bond donors (Lipinski definition) is 1. The first kappa shape index (κ1) is 13.2. The smallest absolute Gasteiger partial charge is 0.0105 e. The van der Waals surface area contributed by atoms with E-state index in [0.717, 1.165) is 13.0 Å². The molecule has 0 aromatic heterocycles. The monoisotopic (exact) mass is 219 g/mol. The highest BCUT2D eigenvalue weighted by molar-refractivity contribution is 5.15. The largest absolute Gasteiger partial charge is 0.313 e. The summed E-state index contributed by atoms with van der Waals surface area (Å²) in [5.41, 5.74) is 1.79. The van der Waals surface area contributed by atoms with Crippen LogP contribution in [-0.4, -0.2) is 12.6 Å². The summed E-state index contributed by atoms with van der Waals surface area (Å²) in [5.74, 6) is 0. The maximum atomic E-state index is 3.66. The molecule has 0 heterocycles. The maximum absolute atomic E-state index is 3.66. The maximum Gasteiger partial charge on any atom is 0.0105 e. The summed E-state index contributed by atoms with van der Waals surface area (Å²) in [6.45, 7) is 10.2. The molecule has 1 heteroatoms. The summed E-state index contributed by atoms with van der Waals surface area (Å²) in [6.07, 6.45) is 2.32. The van der Waals surface area contributed by atoms with Crippen molar-refractivity contribution in [1.82, 2.24) is 5.32 Å². The quantitative estimate of drug-likeness (QED) is 0.797. The van der Waals surface area contributed by atoms with Crippen LogP contribution in [0.2, 0.25) is 0 Å². The van der Waals surface area contributed by atoms with E-state index >= 15 is 0 Å². The zero-order chi connectivity index (χ0) is 12.0. The zero-order valence-electron chi connectivity index (χ0n) is 11.1. The lowest BCUT2D eigenvalue weighted by molar-refractivity contribution is 0.345. The Morgan fingerprint density at radius 1 is 1.12 bits per heavy atom. The van der Waals surface area contributed by atoms with Crippen LogP contribution in [0.4, 0.5) is 0 Å². The molecule has 0 amide bonds. The van der Waals surface area contributed by atoms with Crippen molar-refractivity contribution in [3.63, 3.8) is 0 Å². The Morgan fingerprint density at radius 3 is 2.25 bits per heavy atom. The molecule has 1 aromatic carbocycles.